The molecule has 0 atom stereocenters. The quantitative estimate of drug-likeness (QED) is 0.717. The Kier molecular flexibility index (Phi) is 6.94. The van der Waals surface area contributed by atoms with Gasteiger partial charge in [-0.3, -0.25) is 4.79 Å². The van der Waals surface area contributed by atoms with Gasteiger partial charge in [0, 0.05) is 13.1 Å². The summed E-state index contributed by atoms with van der Waals surface area (Å²) in [5.74, 6) is 0.115. The van der Waals surface area contributed by atoms with Crippen molar-refractivity contribution in [3.8, 4) is 0 Å². The molecule has 118 valence electrons. The lowest BCUT2D eigenvalue weighted by molar-refractivity contribution is 0.0995. The van der Waals surface area contributed by atoms with Gasteiger partial charge < -0.3 is 21.3 Å². The number of hydrogen-bond donors (Lipinski definition) is 2. The largest absolute Gasteiger partial charge is 0.396 e. The number of nitrogens with two attached hydrogens (primary N) is 2. The van der Waals surface area contributed by atoms with Crippen LogP contribution in [0.2, 0.25) is 0 Å². The molecular weight excluding hydrogens is 266 g/mol. The lowest BCUT2D eigenvalue weighted by atomic mass is 10.2. The first-order valence-electron chi connectivity index (χ1n) is 7.57. The molecule has 21 heavy (non-hydrogen) atoms. The highest BCUT2D eigenvalue weighted by atomic mass is 16.1. The Balaban J connectivity index is 2.75. The van der Waals surface area contributed by atoms with Crippen molar-refractivity contribution in [1.29, 1.82) is 0 Å². The molecule has 1 aromatic heterocycles. The molecule has 0 fully saturated rings. The van der Waals surface area contributed by atoms with Crippen molar-refractivity contribution in [2.75, 3.05) is 43.4 Å². The minimum atomic E-state index is -0.532. The predicted octanol–water partition coefficient (Wildman–Crippen LogP) is 1.32. The molecule has 0 aliphatic rings. The Morgan fingerprint density at radius 2 is 1.81 bits per heavy atom. The Hall–Kier alpha value is -1.82. The normalized spacial score (nSPS) is 10.9. The van der Waals surface area contributed by atoms with Crippen LogP contribution in [-0.4, -0.2) is 48.5 Å². The minimum absolute atomic E-state index is 0.251. The van der Waals surface area contributed by atoms with Gasteiger partial charge in [-0.1, -0.05) is 13.8 Å². The van der Waals surface area contributed by atoms with Crippen LogP contribution in [-0.2, 0) is 0 Å². The van der Waals surface area contributed by atoms with E-state index in [1.165, 1.54) is 0 Å². The van der Waals surface area contributed by atoms with E-state index in [1.807, 2.05) is 0 Å². The summed E-state index contributed by atoms with van der Waals surface area (Å²) in [6.45, 7) is 11.2. The Labute approximate surface area is 127 Å². The predicted molar refractivity (Wildman–Crippen MR) is 87.5 cm³/mol. The van der Waals surface area contributed by atoms with Crippen molar-refractivity contribution in [1.82, 2.24) is 9.88 Å². The molecule has 0 saturated heterocycles. The Morgan fingerprint density at radius 3 is 2.33 bits per heavy atom. The van der Waals surface area contributed by atoms with E-state index in [9.17, 15) is 4.79 Å². The Bertz CT molecular complexity index is 459. The third kappa shape index (κ3) is 4.90. The third-order valence-corrected chi connectivity index (χ3v) is 3.64. The second-order valence-electron chi connectivity index (χ2n) is 4.93. The number of aromatic nitrogens is 1. The lowest BCUT2D eigenvalue weighted by Crippen LogP contribution is -2.31. The fraction of sp³-hybridized carbons (Fsp3) is 0.600. The summed E-state index contributed by atoms with van der Waals surface area (Å²) in [6, 6.07) is 3.25. The van der Waals surface area contributed by atoms with Gasteiger partial charge >= 0.3 is 0 Å². The van der Waals surface area contributed by atoms with Gasteiger partial charge in [-0.2, -0.15) is 0 Å². The standard InChI is InChI=1S/C15H27N5O/c1-4-19(5-2)10-7-11-20(6-3)15-12(16)8-9-13(18-15)14(17)21/h8-9H,4-7,10-11,16H2,1-3H3,(H2,17,21). The molecule has 1 heterocycles. The van der Waals surface area contributed by atoms with Crippen LogP contribution >= 0.6 is 0 Å². The van der Waals surface area contributed by atoms with Crippen molar-refractivity contribution >= 4 is 17.4 Å². The maximum Gasteiger partial charge on any atom is 0.267 e. The van der Waals surface area contributed by atoms with Gasteiger partial charge in [-0.15, -0.1) is 0 Å². The van der Waals surface area contributed by atoms with E-state index >= 15 is 0 Å². The summed E-state index contributed by atoms with van der Waals surface area (Å²) in [5, 5.41) is 0. The third-order valence-electron chi connectivity index (χ3n) is 3.64. The van der Waals surface area contributed by atoms with Gasteiger partial charge in [-0.25, -0.2) is 4.98 Å². The van der Waals surface area contributed by atoms with Gasteiger partial charge in [0.25, 0.3) is 5.91 Å². The van der Waals surface area contributed by atoms with Gasteiger partial charge in [0.2, 0.25) is 0 Å². The number of amides is 1. The van der Waals surface area contributed by atoms with Gasteiger partial charge in [0.15, 0.2) is 5.82 Å². The molecule has 0 spiro atoms. The molecule has 4 N–H and O–H groups in total. The van der Waals surface area contributed by atoms with E-state index in [2.05, 4.69) is 35.6 Å². The minimum Gasteiger partial charge on any atom is -0.396 e. The maximum atomic E-state index is 11.3. The number of anilines is 2. The van der Waals surface area contributed by atoms with Crippen LogP contribution in [0.15, 0.2) is 12.1 Å². The number of carbonyl (C=O) groups is 1. The number of hydrogen-bond acceptors (Lipinski definition) is 5. The lowest BCUT2D eigenvalue weighted by Gasteiger charge is -2.25. The highest BCUT2D eigenvalue weighted by molar-refractivity contribution is 5.91. The van der Waals surface area contributed by atoms with Crippen molar-refractivity contribution in [2.45, 2.75) is 27.2 Å². The number of nitrogens with zero attached hydrogens (tertiary/aromatic N) is 3. The zero-order chi connectivity index (χ0) is 15.8. The second kappa shape index (κ2) is 8.46. The number of rotatable bonds is 9. The molecule has 1 aromatic rings. The molecule has 6 nitrogen and oxygen atoms in total. The van der Waals surface area contributed by atoms with Crippen molar-refractivity contribution in [2.24, 2.45) is 5.73 Å². The van der Waals surface area contributed by atoms with E-state index in [0.717, 1.165) is 39.1 Å². The van der Waals surface area contributed by atoms with E-state index < -0.39 is 5.91 Å². The molecule has 0 bridgehead atoms. The first-order valence-corrected chi connectivity index (χ1v) is 7.57. The van der Waals surface area contributed by atoms with Gasteiger partial charge in [0.05, 0.1) is 5.69 Å². The summed E-state index contributed by atoms with van der Waals surface area (Å²) >= 11 is 0. The summed E-state index contributed by atoms with van der Waals surface area (Å²) in [5.41, 5.74) is 12.1. The average molecular weight is 293 g/mol. The van der Waals surface area contributed by atoms with Crippen LogP contribution in [0.3, 0.4) is 0 Å². The fourth-order valence-electron chi connectivity index (χ4n) is 2.29. The van der Waals surface area contributed by atoms with Crippen LogP contribution in [0, 0.1) is 0 Å². The molecule has 0 radical (unpaired) electrons. The fourth-order valence-corrected chi connectivity index (χ4v) is 2.29. The van der Waals surface area contributed by atoms with Crippen LogP contribution in [0.4, 0.5) is 11.5 Å². The molecule has 0 aromatic carbocycles. The van der Waals surface area contributed by atoms with E-state index in [0.29, 0.717) is 11.5 Å². The topological polar surface area (TPSA) is 88.5 Å². The molecule has 0 aliphatic heterocycles. The SMILES string of the molecule is CCN(CC)CCCN(CC)c1nc(C(N)=O)ccc1N. The molecule has 0 saturated carbocycles. The summed E-state index contributed by atoms with van der Waals surface area (Å²) in [6.07, 6.45) is 1.03. The zero-order valence-corrected chi connectivity index (χ0v) is 13.3. The number of nitrogen functional groups attached to an aromatic ring is 1. The van der Waals surface area contributed by atoms with E-state index in [4.69, 9.17) is 11.5 Å². The summed E-state index contributed by atoms with van der Waals surface area (Å²) in [4.78, 5) is 20.0. The van der Waals surface area contributed by atoms with E-state index in [1.54, 1.807) is 12.1 Å². The number of carbonyl (C=O) groups excluding carboxylic acids is 1. The zero-order valence-electron chi connectivity index (χ0n) is 13.3. The van der Waals surface area contributed by atoms with Gasteiger partial charge in [-0.05, 0) is 45.1 Å². The molecular formula is C15H27N5O. The Morgan fingerprint density at radius 1 is 1.14 bits per heavy atom. The average Bonchev–Trinajstić information content (AvgIpc) is 2.48. The maximum absolute atomic E-state index is 11.3. The number of primary amides is 1. The second-order valence-corrected chi connectivity index (χ2v) is 4.93. The molecule has 1 rings (SSSR count). The highest BCUT2D eigenvalue weighted by Crippen LogP contribution is 2.21. The highest BCUT2D eigenvalue weighted by Gasteiger charge is 2.13. The molecule has 6 heteroatoms. The first kappa shape index (κ1) is 17.2. The van der Waals surface area contributed by atoms with Crippen molar-refractivity contribution in [3.05, 3.63) is 17.8 Å². The monoisotopic (exact) mass is 293 g/mol. The van der Waals surface area contributed by atoms with E-state index in [-0.39, 0.29) is 5.69 Å². The number of pyridine rings is 1. The van der Waals surface area contributed by atoms with Crippen LogP contribution < -0.4 is 16.4 Å². The summed E-state index contributed by atoms with van der Waals surface area (Å²) < 4.78 is 0. The van der Waals surface area contributed by atoms with Gasteiger partial charge in [0.1, 0.15) is 5.69 Å². The molecule has 1 amide bonds. The van der Waals surface area contributed by atoms with Crippen molar-refractivity contribution < 1.29 is 4.79 Å². The summed E-state index contributed by atoms with van der Waals surface area (Å²) in [7, 11) is 0. The molecule has 0 aliphatic carbocycles. The molecule has 0 unspecified atom stereocenters. The smallest absolute Gasteiger partial charge is 0.267 e. The van der Waals surface area contributed by atoms with Crippen LogP contribution in [0.1, 0.15) is 37.7 Å². The van der Waals surface area contributed by atoms with Crippen molar-refractivity contribution in [3.63, 3.8) is 0 Å². The van der Waals surface area contributed by atoms with Crippen LogP contribution in [0.5, 0.6) is 0 Å². The first-order chi connectivity index (χ1) is 10.0. The van der Waals surface area contributed by atoms with Crippen LogP contribution in [0.25, 0.3) is 0 Å².